The number of rotatable bonds is 4. The van der Waals surface area contributed by atoms with Crippen molar-refractivity contribution in [1.82, 2.24) is 10.2 Å². The molecule has 5 nitrogen and oxygen atoms in total. The molecule has 0 bridgehead atoms. The fourth-order valence-electron chi connectivity index (χ4n) is 1.41. The van der Waals surface area contributed by atoms with E-state index in [2.05, 4.69) is 10.2 Å². The van der Waals surface area contributed by atoms with Crippen molar-refractivity contribution in [3.63, 3.8) is 0 Å². The van der Waals surface area contributed by atoms with Crippen LogP contribution in [-0.2, 0) is 4.74 Å². The Hall–Kier alpha value is -1.95. The topological polar surface area (TPSA) is 55.3 Å². The molecule has 1 aromatic carbocycles. The van der Waals surface area contributed by atoms with Crippen LogP contribution in [0.15, 0.2) is 30.3 Å². The normalized spacial score (nSPS) is 10.2. The maximum atomic E-state index is 11.7. The predicted molar refractivity (Wildman–Crippen MR) is 75.4 cm³/mol. The first-order chi connectivity index (χ1) is 9.22. The number of nitrogens with zero attached hydrogens (tertiary/aromatic N) is 3. The van der Waals surface area contributed by atoms with Gasteiger partial charge < -0.3 is 4.74 Å². The third-order valence-electron chi connectivity index (χ3n) is 2.43. The second kappa shape index (κ2) is 6.29. The minimum Gasteiger partial charge on any atom is -0.449 e. The summed E-state index contributed by atoms with van der Waals surface area (Å²) in [6, 6.07) is 9.74. The lowest BCUT2D eigenvalue weighted by Crippen LogP contribution is -2.27. The first kappa shape index (κ1) is 13.5. The summed E-state index contributed by atoms with van der Waals surface area (Å²) in [6.07, 6.45) is 0.392. The van der Waals surface area contributed by atoms with Gasteiger partial charge in [-0.2, -0.15) is 0 Å². The van der Waals surface area contributed by atoms with E-state index >= 15 is 0 Å². The number of carbonyl (C=O) groups excluding carboxylic acids is 1. The molecule has 0 fully saturated rings. The van der Waals surface area contributed by atoms with Gasteiger partial charge in [-0.3, -0.25) is 4.90 Å². The highest BCUT2D eigenvalue weighted by Crippen LogP contribution is 2.27. The summed E-state index contributed by atoms with van der Waals surface area (Å²) >= 11 is 1.36. The van der Waals surface area contributed by atoms with Gasteiger partial charge in [-0.05, 0) is 6.42 Å². The zero-order valence-corrected chi connectivity index (χ0v) is 11.7. The zero-order valence-electron chi connectivity index (χ0n) is 10.9. The molecular weight excluding hydrogens is 262 g/mol. The Morgan fingerprint density at radius 2 is 2.05 bits per heavy atom. The maximum absolute atomic E-state index is 11.7. The summed E-state index contributed by atoms with van der Waals surface area (Å²) in [4.78, 5) is 13.1. The fraction of sp³-hybridized carbons (Fsp3) is 0.308. The average Bonchev–Trinajstić information content (AvgIpc) is 2.94. The lowest BCUT2D eigenvalue weighted by Gasteiger charge is -2.12. The van der Waals surface area contributed by atoms with Crippen LogP contribution in [-0.4, -0.2) is 29.9 Å². The van der Waals surface area contributed by atoms with E-state index in [9.17, 15) is 4.79 Å². The van der Waals surface area contributed by atoms with Gasteiger partial charge in [-0.15, -0.1) is 10.2 Å². The van der Waals surface area contributed by atoms with E-state index in [0.29, 0.717) is 11.7 Å². The number of amides is 1. The Morgan fingerprint density at radius 1 is 1.32 bits per heavy atom. The molecule has 0 N–H and O–H groups in total. The summed E-state index contributed by atoms with van der Waals surface area (Å²) in [6.45, 7) is 2.36. The third-order valence-corrected chi connectivity index (χ3v) is 3.47. The largest absolute Gasteiger partial charge is 0.449 e. The highest BCUT2D eigenvalue weighted by Gasteiger charge is 2.17. The van der Waals surface area contributed by atoms with E-state index in [4.69, 9.17) is 4.74 Å². The molecule has 1 amide bonds. The van der Waals surface area contributed by atoms with Crippen molar-refractivity contribution in [3.05, 3.63) is 30.3 Å². The summed E-state index contributed by atoms with van der Waals surface area (Å²) in [5.74, 6) is 0. The van der Waals surface area contributed by atoms with Gasteiger partial charge in [0.05, 0.1) is 6.61 Å². The van der Waals surface area contributed by atoms with Crippen molar-refractivity contribution in [2.45, 2.75) is 13.3 Å². The lowest BCUT2D eigenvalue weighted by molar-refractivity contribution is 0.155. The smallest absolute Gasteiger partial charge is 0.415 e. The number of benzene rings is 1. The molecule has 0 aliphatic carbocycles. The average molecular weight is 277 g/mol. The van der Waals surface area contributed by atoms with Crippen LogP contribution >= 0.6 is 11.3 Å². The predicted octanol–water partition coefficient (Wildman–Crippen LogP) is 3.19. The maximum Gasteiger partial charge on any atom is 0.415 e. The van der Waals surface area contributed by atoms with Crippen molar-refractivity contribution in [2.75, 3.05) is 18.6 Å². The van der Waals surface area contributed by atoms with Crippen LogP contribution in [0.4, 0.5) is 9.93 Å². The molecular formula is C13H15N3O2S. The molecule has 0 aliphatic heterocycles. The molecule has 0 atom stereocenters. The molecule has 0 spiro atoms. The van der Waals surface area contributed by atoms with Gasteiger partial charge in [0.2, 0.25) is 5.13 Å². The first-order valence-corrected chi connectivity index (χ1v) is 6.83. The molecule has 1 aromatic heterocycles. The molecule has 19 heavy (non-hydrogen) atoms. The Balaban J connectivity index is 2.11. The second-order valence-electron chi connectivity index (χ2n) is 3.93. The van der Waals surface area contributed by atoms with Gasteiger partial charge in [0, 0.05) is 12.6 Å². The van der Waals surface area contributed by atoms with Gasteiger partial charge in [-0.1, -0.05) is 48.6 Å². The van der Waals surface area contributed by atoms with Gasteiger partial charge in [0.15, 0.2) is 0 Å². The second-order valence-corrected chi connectivity index (χ2v) is 4.89. The molecule has 2 rings (SSSR count). The summed E-state index contributed by atoms with van der Waals surface area (Å²) in [5.41, 5.74) is 0.988. The number of aromatic nitrogens is 2. The van der Waals surface area contributed by atoms with E-state index in [0.717, 1.165) is 17.0 Å². The Labute approximate surface area is 115 Å². The van der Waals surface area contributed by atoms with E-state index in [1.54, 1.807) is 7.05 Å². The van der Waals surface area contributed by atoms with Crippen LogP contribution in [0.2, 0.25) is 0 Å². The third kappa shape index (κ3) is 3.29. The fourth-order valence-corrected chi connectivity index (χ4v) is 2.21. The van der Waals surface area contributed by atoms with Gasteiger partial charge in [0.1, 0.15) is 5.01 Å². The molecule has 2 aromatic rings. The highest BCUT2D eigenvalue weighted by molar-refractivity contribution is 7.18. The monoisotopic (exact) mass is 277 g/mol. The Morgan fingerprint density at radius 3 is 2.74 bits per heavy atom. The molecule has 0 saturated carbocycles. The Kier molecular flexibility index (Phi) is 4.46. The number of hydrogen-bond donors (Lipinski definition) is 0. The standard InChI is InChI=1S/C13H15N3O2S/c1-3-9-18-13(17)16(2)12-15-14-11(19-12)10-7-5-4-6-8-10/h4-8H,3,9H2,1-2H3. The minimum atomic E-state index is -0.405. The van der Waals surface area contributed by atoms with Crippen molar-refractivity contribution in [2.24, 2.45) is 0 Å². The van der Waals surface area contributed by atoms with E-state index < -0.39 is 6.09 Å². The van der Waals surface area contributed by atoms with Gasteiger partial charge in [-0.25, -0.2) is 4.79 Å². The first-order valence-electron chi connectivity index (χ1n) is 6.01. The van der Waals surface area contributed by atoms with Crippen LogP contribution in [0.1, 0.15) is 13.3 Å². The molecule has 0 unspecified atom stereocenters. The summed E-state index contributed by atoms with van der Waals surface area (Å²) in [7, 11) is 1.63. The molecule has 0 saturated heterocycles. The van der Waals surface area contributed by atoms with Gasteiger partial charge in [0.25, 0.3) is 0 Å². The van der Waals surface area contributed by atoms with Crippen LogP contribution in [0, 0.1) is 0 Å². The number of hydrogen-bond acceptors (Lipinski definition) is 5. The molecule has 6 heteroatoms. The van der Waals surface area contributed by atoms with Crippen LogP contribution < -0.4 is 4.90 Å². The molecule has 1 heterocycles. The molecule has 100 valence electrons. The highest BCUT2D eigenvalue weighted by atomic mass is 32.1. The minimum absolute atomic E-state index is 0.405. The van der Waals surface area contributed by atoms with Crippen molar-refractivity contribution >= 4 is 22.6 Å². The van der Waals surface area contributed by atoms with Crippen LogP contribution in [0.5, 0.6) is 0 Å². The van der Waals surface area contributed by atoms with E-state index in [-0.39, 0.29) is 0 Å². The number of carbonyl (C=O) groups is 1. The van der Waals surface area contributed by atoms with Crippen LogP contribution in [0.3, 0.4) is 0 Å². The number of anilines is 1. The quantitative estimate of drug-likeness (QED) is 0.861. The number of ether oxygens (including phenoxy) is 1. The zero-order chi connectivity index (χ0) is 13.7. The van der Waals surface area contributed by atoms with Gasteiger partial charge >= 0.3 is 6.09 Å². The molecule has 0 aliphatic rings. The SMILES string of the molecule is CCCOC(=O)N(C)c1nnc(-c2ccccc2)s1. The van der Waals surface area contributed by atoms with Crippen molar-refractivity contribution < 1.29 is 9.53 Å². The van der Waals surface area contributed by atoms with Crippen molar-refractivity contribution in [1.29, 1.82) is 0 Å². The Bertz CT molecular complexity index is 542. The van der Waals surface area contributed by atoms with Crippen LogP contribution in [0.25, 0.3) is 10.6 Å². The summed E-state index contributed by atoms with van der Waals surface area (Å²) < 4.78 is 5.05. The summed E-state index contributed by atoms with van der Waals surface area (Å²) in [5, 5.41) is 9.42. The van der Waals surface area contributed by atoms with E-state index in [1.807, 2.05) is 37.3 Å². The van der Waals surface area contributed by atoms with E-state index in [1.165, 1.54) is 16.2 Å². The molecule has 0 radical (unpaired) electrons. The van der Waals surface area contributed by atoms with Crippen molar-refractivity contribution in [3.8, 4) is 10.6 Å². The lowest BCUT2D eigenvalue weighted by atomic mass is 10.2.